The Balaban J connectivity index is 5.12. The summed E-state index contributed by atoms with van der Waals surface area (Å²) in [5.41, 5.74) is 15.0. The second-order valence-electron chi connectivity index (χ2n) is 5.31. The van der Waals surface area contributed by atoms with Crippen molar-refractivity contribution in [2.75, 3.05) is 12.3 Å². The van der Waals surface area contributed by atoms with Crippen LogP contribution in [0.2, 0.25) is 0 Å². The molecule has 0 fully saturated rings. The molecule has 0 radical (unpaired) electrons. The molecule has 3 unspecified atom stereocenters. The average molecular weight is 406 g/mol. The maximum Gasteiger partial charge on any atom is 0.326 e. The zero-order chi connectivity index (χ0) is 21.1. The molecule has 5 amide bonds. The van der Waals surface area contributed by atoms with Gasteiger partial charge < -0.3 is 38.3 Å². The predicted molar refractivity (Wildman–Crippen MR) is 94.0 cm³/mol. The Labute approximate surface area is 159 Å². The van der Waals surface area contributed by atoms with Crippen LogP contribution < -0.4 is 33.2 Å². The number of aliphatic carboxylic acids is 1. The van der Waals surface area contributed by atoms with Gasteiger partial charge in [-0.25, -0.2) is 4.79 Å². The minimum atomic E-state index is -1.60. The number of carboxylic acid groups (broad SMARTS) is 1. The molecule has 0 aromatic carbocycles. The predicted octanol–water partition coefficient (Wildman–Crippen LogP) is -4.84. The molecule has 13 nitrogen and oxygen atoms in total. The number of carbonyl (C=O) groups is 6. The van der Waals surface area contributed by atoms with Crippen molar-refractivity contribution in [1.29, 1.82) is 0 Å². The highest BCUT2D eigenvalue weighted by Crippen LogP contribution is 1.99. The summed E-state index contributed by atoms with van der Waals surface area (Å²) in [5, 5.41) is 15.4. The second-order valence-corrected chi connectivity index (χ2v) is 5.67. The molecular formula is C13H22N6O7S. The van der Waals surface area contributed by atoms with E-state index in [1.165, 1.54) is 0 Å². The van der Waals surface area contributed by atoms with Gasteiger partial charge in [0.05, 0.1) is 19.4 Å². The molecule has 152 valence electrons. The third kappa shape index (κ3) is 9.41. The van der Waals surface area contributed by atoms with Crippen LogP contribution in [-0.4, -0.2) is 71.0 Å². The number of amides is 5. The molecule has 0 heterocycles. The van der Waals surface area contributed by atoms with Crippen LogP contribution in [0.3, 0.4) is 0 Å². The van der Waals surface area contributed by atoms with Crippen LogP contribution >= 0.6 is 12.6 Å². The van der Waals surface area contributed by atoms with Crippen molar-refractivity contribution in [2.45, 2.75) is 31.0 Å². The monoisotopic (exact) mass is 406 g/mol. The minimum Gasteiger partial charge on any atom is -0.480 e. The molecule has 0 bridgehead atoms. The lowest BCUT2D eigenvalue weighted by molar-refractivity contribution is -0.143. The summed E-state index contributed by atoms with van der Waals surface area (Å²) >= 11 is 3.89. The molecule has 10 N–H and O–H groups in total. The van der Waals surface area contributed by atoms with Crippen LogP contribution in [0.25, 0.3) is 0 Å². The van der Waals surface area contributed by atoms with E-state index in [0.29, 0.717) is 0 Å². The first kappa shape index (κ1) is 24.1. The lowest BCUT2D eigenvalue weighted by Crippen LogP contribution is -2.57. The van der Waals surface area contributed by atoms with Crippen molar-refractivity contribution < 1.29 is 33.9 Å². The van der Waals surface area contributed by atoms with Crippen LogP contribution in [0.5, 0.6) is 0 Å². The fourth-order valence-electron chi connectivity index (χ4n) is 1.80. The number of carbonyl (C=O) groups excluding carboxylic acids is 5. The van der Waals surface area contributed by atoms with Crippen molar-refractivity contribution in [1.82, 2.24) is 16.0 Å². The summed E-state index contributed by atoms with van der Waals surface area (Å²) < 4.78 is 0. The van der Waals surface area contributed by atoms with E-state index in [2.05, 4.69) is 23.3 Å². The number of nitrogens with one attached hydrogen (secondary N) is 3. The quantitative estimate of drug-likeness (QED) is 0.146. The van der Waals surface area contributed by atoms with Gasteiger partial charge in [-0.3, -0.25) is 24.0 Å². The van der Waals surface area contributed by atoms with Crippen LogP contribution in [0.1, 0.15) is 12.8 Å². The van der Waals surface area contributed by atoms with Gasteiger partial charge in [-0.05, 0) is 0 Å². The lowest BCUT2D eigenvalue weighted by Gasteiger charge is -2.22. The van der Waals surface area contributed by atoms with E-state index >= 15 is 0 Å². The van der Waals surface area contributed by atoms with Gasteiger partial charge in [-0.15, -0.1) is 0 Å². The van der Waals surface area contributed by atoms with Gasteiger partial charge in [0.1, 0.15) is 18.1 Å². The highest BCUT2D eigenvalue weighted by atomic mass is 32.1. The molecule has 3 atom stereocenters. The van der Waals surface area contributed by atoms with Crippen molar-refractivity contribution >= 4 is 48.1 Å². The van der Waals surface area contributed by atoms with Crippen LogP contribution in [0.15, 0.2) is 0 Å². The van der Waals surface area contributed by atoms with Gasteiger partial charge in [-0.1, -0.05) is 0 Å². The number of primary amides is 2. The van der Waals surface area contributed by atoms with Crippen LogP contribution in [0, 0.1) is 0 Å². The topological polar surface area (TPSA) is 237 Å². The lowest BCUT2D eigenvalue weighted by atomic mass is 10.1. The molecule has 0 aromatic rings. The molecule has 0 aliphatic carbocycles. The number of rotatable bonds is 12. The van der Waals surface area contributed by atoms with Gasteiger partial charge in [0.25, 0.3) is 0 Å². The van der Waals surface area contributed by atoms with Crippen LogP contribution in [-0.2, 0) is 28.8 Å². The van der Waals surface area contributed by atoms with Crippen molar-refractivity contribution in [2.24, 2.45) is 17.2 Å². The van der Waals surface area contributed by atoms with E-state index in [1.54, 1.807) is 0 Å². The summed E-state index contributed by atoms with van der Waals surface area (Å²) in [7, 11) is 0. The largest absolute Gasteiger partial charge is 0.480 e. The third-order valence-electron chi connectivity index (χ3n) is 3.08. The molecule has 0 saturated carbocycles. The fourth-order valence-corrected chi connectivity index (χ4v) is 2.06. The minimum absolute atomic E-state index is 0.255. The Morgan fingerprint density at radius 3 is 1.67 bits per heavy atom. The third-order valence-corrected chi connectivity index (χ3v) is 3.44. The number of nitrogens with two attached hydrogens (primary N) is 3. The van der Waals surface area contributed by atoms with E-state index in [1.807, 2.05) is 5.32 Å². The molecule has 0 aliphatic heterocycles. The summed E-state index contributed by atoms with van der Waals surface area (Å²) in [6.45, 7) is -0.452. The number of thiol groups is 1. The van der Waals surface area contributed by atoms with E-state index in [9.17, 15) is 28.8 Å². The molecule has 0 aliphatic rings. The van der Waals surface area contributed by atoms with E-state index in [4.69, 9.17) is 22.3 Å². The van der Waals surface area contributed by atoms with Gasteiger partial charge in [0.2, 0.25) is 29.5 Å². The number of hydrogen-bond donors (Lipinski definition) is 8. The summed E-state index contributed by atoms with van der Waals surface area (Å²) in [5.74, 6) is -6.26. The zero-order valence-electron chi connectivity index (χ0n) is 14.1. The SMILES string of the molecule is NCC(=O)NC(CC(N)=O)C(=O)NC(CS)C(=O)NC(CC(N)=O)C(=O)O. The van der Waals surface area contributed by atoms with E-state index < -0.39 is 73.0 Å². The Kier molecular flexibility index (Phi) is 10.4. The first-order valence-electron chi connectivity index (χ1n) is 7.52. The zero-order valence-corrected chi connectivity index (χ0v) is 15.0. The highest BCUT2D eigenvalue weighted by molar-refractivity contribution is 7.80. The molecule has 0 saturated heterocycles. The molecule has 0 aromatic heterocycles. The molecular weight excluding hydrogens is 384 g/mol. The average Bonchev–Trinajstić information content (AvgIpc) is 2.56. The summed E-state index contributed by atoms with van der Waals surface area (Å²) in [6.07, 6.45) is -1.22. The Bertz CT molecular complexity index is 614. The standard InChI is InChI=1S/C13H22N6O7S/c14-3-10(22)17-5(1-8(15)20)11(23)19-7(4-27)12(24)18-6(13(25)26)2-9(16)21/h5-7,27H,1-4,14H2,(H2,15,20)(H2,16,21)(H,17,22)(H,18,24)(H,19,23)(H,25,26). The fraction of sp³-hybridized carbons (Fsp3) is 0.538. The van der Waals surface area contributed by atoms with Crippen molar-refractivity contribution in [3.05, 3.63) is 0 Å². The van der Waals surface area contributed by atoms with Gasteiger partial charge in [0.15, 0.2) is 0 Å². The first-order chi connectivity index (χ1) is 12.5. The smallest absolute Gasteiger partial charge is 0.326 e. The number of carboxylic acids is 1. The van der Waals surface area contributed by atoms with Crippen LogP contribution in [0.4, 0.5) is 0 Å². The van der Waals surface area contributed by atoms with E-state index in [0.717, 1.165) is 0 Å². The van der Waals surface area contributed by atoms with Gasteiger partial charge in [-0.2, -0.15) is 12.6 Å². The summed E-state index contributed by atoms with van der Waals surface area (Å²) in [6, 6.07) is -4.33. The highest BCUT2D eigenvalue weighted by Gasteiger charge is 2.30. The number of hydrogen-bond acceptors (Lipinski definition) is 8. The molecule has 27 heavy (non-hydrogen) atoms. The Morgan fingerprint density at radius 2 is 1.26 bits per heavy atom. The van der Waals surface area contributed by atoms with Crippen molar-refractivity contribution in [3.63, 3.8) is 0 Å². The van der Waals surface area contributed by atoms with Crippen molar-refractivity contribution in [3.8, 4) is 0 Å². The second kappa shape index (κ2) is 11.7. The Morgan fingerprint density at radius 1 is 0.815 bits per heavy atom. The van der Waals surface area contributed by atoms with Gasteiger partial charge >= 0.3 is 5.97 Å². The maximum absolute atomic E-state index is 12.2. The van der Waals surface area contributed by atoms with Gasteiger partial charge in [0, 0.05) is 5.75 Å². The summed E-state index contributed by atoms with van der Waals surface area (Å²) in [4.78, 5) is 68.7. The molecule has 0 spiro atoms. The first-order valence-corrected chi connectivity index (χ1v) is 8.15. The van der Waals surface area contributed by atoms with E-state index in [-0.39, 0.29) is 5.75 Å². The Hall–Kier alpha value is -2.87. The maximum atomic E-state index is 12.2. The molecule has 0 rings (SSSR count). The normalized spacial score (nSPS) is 13.6. The molecule has 14 heteroatoms.